The highest BCUT2D eigenvalue weighted by atomic mass is 35.5. The molecule has 0 atom stereocenters. The van der Waals surface area contributed by atoms with Crippen molar-refractivity contribution in [2.24, 2.45) is 19.3 Å². The summed E-state index contributed by atoms with van der Waals surface area (Å²) < 4.78 is 100. The molecule has 2 rings (SSSR count). The van der Waals surface area contributed by atoms with Crippen molar-refractivity contribution in [2.45, 2.75) is 14.5 Å². The first kappa shape index (κ1) is 27.9. The lowest BCUT2D eigenvalue weighted by atomic mass is 10.4. The van der Waals surface area contributed by atoms with Crippen molar-refractivity contribution in [2.75, 3.05) is 7.05 Å². The highest BCUT2D eigenvalue weighted by molar-refractivity contribution is 8.09. The van der Waals surface area contributed by atoms with Crippen LogP contribution >= 0.6 is 23.2 Å². The lowest BCUT2D eigenvalue weighted by molar-refractivity contribution is -0.205. The highest BCUT2D eigenvalue weighted by Crippen LogP contribution is 2.29. The Morgan fingerprint density at radius 1 is 0.706 bits per heavy atom. The van der Waals surface area contributed by atoms with Gasteiger partial charge in [0, 0.05) is 10.0 Å². The van der Waals surface area contributed by atoms with Gasteiger partial charge >= 0.3 is 20.4 Å². The van der Waals surface area contributed by atoms with E-state index in [4.69, 9.17) is 23.2 Å². The fraction of sp³-hybridized carbons (Fsp3) is 0.143. The molecular weight excluding hydrogens is 579 g/mol. The van der Waals surface area contributed by atoms with Crippen LogP contribution in [-0.2, 0) is 40.1 Å². The van der Waals surface area contributed by atoms with E-state index < -0.39 is 58.1 Å². The van der Waals surface area contributed by atoms with E-state index in [0.717, 1.165) is 55.6 Å². The number of nitrogens with zero attached hydrogens (tertiary/aromatic N) is 6. The Kier molecular flexibility index (Phi) is 8.26. The number of halogens is 2. The Labute approximate surface area is 204 Å². The van der Waals surface area contributed by atoms with E-state index in [0.29, 0.717) is 0 Å². The fourth-order valence-electron chi connectivity index (χ4n) is 2.16. The molecule has 0 bridgehead atoms. The maximum atomic E-state index is 13.1. The monoisotopic (exact) mass is 590 g/mol. The van der Waals surface area contributed by atoms with Crippen molar-refractivity contribution >= 4 is 63.3 Å². The molecule has 184 valence electrons. The minimum Gasteiger partial charge on any atom is -0.464 e. The molecule has 0 fully saturated rings. The van der Waals surface area contributed by atoms with Crippen LogP contribution in [0.5, 0.6) is 0 Å². The number of hydrogen-bond acceptors (Lipinski definition) is 10. The third-order valence-electron chi connectivity index (χ3n) is 3.64. The van der Waals surface area contributed by atoms with Gasteiger partial charge in [-0.3, -0.25) is 0 Å². The van der Waals surface area contributed by atoms with Gasteiger partial charge in [-0.25, -0.2) is 16.8 Å². The molecule has 0 aliphatic carbocycles. The quantitative estimate of drug-likeness (QED) is 0.311. The highest BCUT2D eigenvalue weighted by Gasteiger charge is 2.42. The Balaban J connectivity index is 2.72. The molecule has 34 heavy (non-hydrogen) atoms. The summed E-state index contributed by atoms with van der Waals surface area (Å²) in [5, 5.41) is 5.89. The molecule has 2 aromatic rings. The summed E-state index contributed by atoms with van der Waals surface area (Å²) in [5.41, 5.74) is 9.47. The molecule has 0 saturated heterocycles. The molecular formula is C14H12Cl2N6O8S4. The van der Waals surface area contributed by atoms with E-state index in [-0.39, 0.29) is 10.0 Å². The summed E-state index contributed by atoms with van der Waals surface area (Å²) in [6.45, 7) is 0. The summed E-state index contributed by atoms with van der Waals surface area (Å²) in [6.07, 6.45) is 0. The average Bonchev–Trinajstić information content (AvgIpc) is 2.73. The number of benzene rings is 2. The Bertz CT molecular complexity index is 1510. The van der Waals surface area contributed by atoms with Gasteiger partial charge in [0.2, 0.25) is 19.7 Å². The van der Waals surface area contributed by atoms with Crippen LogP contribution in [0.1, 0.15) is 0 Å². The van der Waals surface area contributed by atoms with E-state index in [1.807, 2.05) is 0 Å². The first-order valence-electron chi connectivity index (χ1n) is 8.27. The van der Waals surface area contributed by atoms with Crippen LogP contribution in [0.25, 0.3) is 5.53 Å². The first-order valence-corrected chi connectivity index (χ1v) is 14.9. The lowest BCUT2D eigenvalue weighted by Gasteiger charge is -2.14. The fourth-order valence-corrected chi connectivity index (χ4v) is 8.04. The van der Waals surface area contributed by atoms with Crippen LogP contribution in [0.4, 0.5) is 0 Å². The largest absolute Gasteiger partial charge is 0.512 e. The minimum absolute atomic E-state index is 0.103. The minimum atomic E-state index is -5.70. The van der Waals surface area contributed by atoms with Gasteiger partial charge in [-0.1, -0.05) is 23.2 Å². The number of hydrogen-bond donors (Lipinski definition) is 0. The third-order valence-corrected chi connectivity index (χ3v) is 11.4. The van der Waals surface area contributed by atoms with Gasteiger partial charge in [0.1, 0.15) is 0 Å². The molecule has 0 aromatic heterocycles. The average molecular weight is 591 g/mol. The van der Waals surface area contributed by atoms with Crippen LogP contribution in [-0.4, -0.2) is 48.9 Å². The third kappa shape index (κ3) is 5.99. The van der Waals surface area contributed by atoms with Gasteiger partial charge < -0.3 is 5.53 Å². The lowest BCUT2D eigenvalue weighted by Crippen LogP contribution is -2.29. The van der Waals surface area contributed by atoms with E-state index in [9.17, 15) is 39.2 Å². The molecule has 0 spiro atoms. The molecule has 0 N–H and O–H groups in total. The van der Waals surface area contributed by atoms with E-state index in [2.05, 4.69) is 19.3 Å². The molecule has 0 aliphatic heterocycles. The normalized spacial score (nSPS) is 13.6. The summed E-state index contributed by atoms with van der Waals surface area (Å²) in [4.78, 5) is -1.27. The molecule has 0 aliphatic rings. The van der Waals surface area contributed by atoms with E-state index >= 15 is 0 Å². The van der Waals surface area contributed by atoms with Gasteiger partial charge in [0.25, 0.3) is 4.71 Å². The molecule has 0 unspecified atom stereocenters. The van der Waals surface area contributed by atoms with E-state index in [1.165, 1.54) is 0 Å². The first-order chi connectivity index (χ1) is 15.6. The molecule has 20 heteroatoms. The smallest absolute Gasteiger partial charge is 0.464 e. The molecule has 2 aromatic carbocycles. The van der Waals surface area contributed by atoms with Crippen molar-refractivity contribution in [1.29, 1.82) is 0 Å². The number of rotatable bonds is 9. The van der Waals surface area contributed by atoms with Gasteiger partial charge in [-0.05, 0) is 61.1 Å². The zero-order valence-corrected chi connectivity index (χ0v) is 21.3. The second-order valence-electron chi connectivity index (χ2n) is 5.92. The van der Waals surface area contributed by atoms with Crippen LogP contribution in [0.3, 0.4) is 0 Å². The molecule has 0 radical (unpaired) electrons. The van der Waals surface area contributed by atoms with Gasteiger partial charge in [-0.2, -0.15) is 5.11 Å². The predicted molar refractivity (Wildman–Crippen MR) is 118 cm³/mol. The summed E-state index contributed by atoms with van der Waals surface area (Å²) in [5.74, 6) is 0. The van der Waals surface area contributed by atoms with E-state index in [1.54, 1.807) is 0 Å². The SMILES string of the molecule is CN=NS(=O)(=O)[N+](=[N-])S(=O)(=O)N=NC(S(=O)(=O)c1ccc(Cl)cc1)S(=O)(=O)c1ccc(Cl)cc1. The molecule has 0 amide bonds. The Morgan fingerprint density at radius 3 is 1.41 bits per heavy atom. The van der Waals surface area contributed by atoms with Crippen LogP contribution in [0.2, 0.25) is 10.0 Å². The summed E-state index contributed by atoms with van der Waals surface area (Å²) in [7, 11) is -20.2. The standard InChI is InChI=1S/C14H12Cl2N6O8S4/c1-18-20-33(27,28)22(17)34(29,30)21-19-14(31(23,24)12-6-2-10(15)3-7-12)32(25,26)13-8-4-11(16)5-9-13/h2-9,14H,1H3. The predicted octanol–water partition coefficient (Wildman–Crippen LogP) is 2.58. The second kappa shape index (κ2) is 10.1. The van der Waals surface area contributed by atoms with Gasteiger partial charge in [0.15, 0.2) is 0 Å². The van der Waals surface area contributed by atoms with Crippen LogP contribution in [0.15, 0.2) is 77.6 Å². The van der Waals surface area contributed by atoms with Crippen molar-refractivity contribution in [1.82, 2.24) is 0 Å². The van der Waals surface area contributed by atoms with Gasteiger partial charge in [0.05, 0.1) is 16.8 Å². The summed E-state index contributed by atoms with van der Waals surface area (Å²) >= 11 is 11.4. The van der Waals surface area contributed by atoms with Crippen LogP contribution < -0.4 is 0 Å². The zero-order chi connectivity index (χ0) is 25.9. The van der Waals surface area contributed by atoms with Crippen LogP contribution in [0, 0.1) is 0 Å². The topological polar surface area (TPSA) is 211 Å². The van der Waals surface area contributed by atoms with Crippen molar-refractivity contribution < 1.29 is 37.2 Å². The second-order valence-corrected chi connectivity index (χ2v) is 14.1. The molecule has 0 saturated carbocycles. The Hall–Kier alpha value is -2.38. The number of sulfone groups is 2. The maximum Gasteiger partial charge on any atom is 0.512 e. The zero-order valence-electron chi connectivity index (χ0n) is 16.5. The van der Waals surface area contributed by atoms with Crippen molar-refractivity contribution in [3.05, 3.63) is 64.1 Å². The summed E-state index contributed by atoms with van der Waals surface area (Å²) in [6, 6.07) is 8.18. The molecule has 0 heterocycles. The maximum absolute atomic E-state index is 13.1. The molecule has 14 nitrogen and oxygen atoms in total. The van der Waals surface area contributed by atoms with Crippen molar-refractivity contribution in [3.63, 3.8) is 0 Å². The Morgan fingerprint density at radius 2 is 1.06 bits per heavy atom. The van der Waals surface area contributed by atoms with Crippen molar-refractivity contribution in [3.8, 4) is 0 Å². The van der Waals surface area contributed by atoms with Gasteiger partial charge in [-0.15, -0.1) is 21.9 Å².